The smallest absolute Gasteiger partial charge is 0.0998 e. The minimum Gasteiger partial charge on any atom is -0.342 e. The summed E-state index contributed by atoms with van der Waals surface area (Å²) in [6.45, 7) is 0.772. The van der Waals surface area contributed by atoms with E-state index in [0.717, 1.165) is 28.6 Å². The molecule has 4 rings (SSSR count). The first-order valence-corrected chi connectivity index (χ1v) is 9.02. The fourth-order valence-electron chi connectivity index (χ4n) is 3.36. The van der Waals surface area contributed by atoms with E-state index in [9.17, 15) is 5.26 Å². The molecule has 4 aromatic rings. The van der Waals surface area contributed by atoms with Crippen LogP contribution in [0.3, 0.4) is 0 Å². The van der Waals surface area contributed by atoms with Crippen LogP contribution in [0.2, 0.25) is 0 Å². The molecule has 0 radical (unpaired) electrons. The van der Waals surface area contributed by atoms with Gasteiger partial charge in [-0.2, -0.15) is 10.5 Å². The van der Waals surface area contributed by atoms with Crippen LogP contribution in [0.15, 0.2) is 85.1 Å². The lowest BCUT2D eigenvalue weighted by molar-refractivity contribution is 0.836. The summed E-state index contributed by atoms with van der Waals surface area (Å²) in [4.78, 5) is 0. The van der Waals surface area contributed by atoms with Crippen LogP contribution in [-0.4, -0.2) is 4.57 Å². The Morgan fingerprint density at radius 3 is 2.29 bits per heavy atom. The zero-order valence-electron chi connectivity index (χ0n) is 15.2. The quantitative estimate of drug-likeness (QED) is 0.444. The molecular weight excluding hydrogens is 342 g/mol. The molecule has 3 aromatic carbocycles. The molecule has 0 unspecified atom stereocenters. The lowest BCUT2D eigenvalue weighted by atomic mass is 10.0. The van der Waals surface area contributed by atoms with Crippen LogP contribution in [-0.2, 0) is 6.54 Å². The minimum atomic E-state index is 0.576. The molecule has 28 heavy (non-hydrogen) atoms. The van der Waals surface area contributed by atoms with Crippen molar-refractivity contribution in [2.24, 2.45) is 0 Å². The summed E-state index contributed by atoms with van der Waals surface area (Å²) in [6, 6.07) is 30.1. The van der Waals surface area contributed by atoms with Gasteiger partial charge < -0.3 is 4.57 Å². The molecule has 1 aromatic heterocycles. The molecule has 0 aliphatic heterocycles. The molecule has 0 amide bonds. The SMILES string of the molecule is N#C/C(=C/c1cn(Cc2ccccc2)c2ccccc12)c1ccc(C#N)cc1. The zero-order chi connectivity index (χ0) is 19.3. The first-order chi connectivity index (χ1) is 13.8. The number of fused-ring (bicyclic) bond motifs is 1. The summed E-state index contributed by atoms with van der Waals surface area (Å²) in [5.74, 6) is 0. The van der Waals surface area contributed by atoms with Gasteiger partial charge in [-0.15, -0.1) is 0 Å². The topological polar surface area (TPSA) is 52.5 Å². The van der Waals surface area contributed by atoms with Crippen LogP contribution < -0.4 is 0 Å². The van der Waals surface area contributed by atoms with E-state index in [1.165, 1.54) is 5.56 Å². The van der Waals surface area contributed by atoms with Crippen molar-refractivity contribution in [3.63, 3.8) is 0 Å². The highest BCUT2D eigenvalue weighted by Crippen LogP contribution is 2.27. The summed E-state index contributed by atoms with van der Waals surface area (Å²) in [5.41, 5.74) is 5.34. The minimum absolute atomic E-state index is 0.576. The molecular formula is C25H17N3. The van der Waals surface area contributed by atoms with E-state index < -0.39 is 0 Å². The maximum Gasteiger partial charge on any atom is 0.0998 e. The van der Waals surface area contributed by atoms with Crippen LogP contribution in [0.25, 0.3) is 22.6 Å². The molecule has 0 spiro atoms. The highest BCUT2D eigenvalue weighted by molar-refractivity contribution is 5.98. The molecule has 0 atom stereocenters. The van der Waals surface area contributed by atoms with Gasteiger partial charge in [0.05, 0.1) is 23.3 Å². The van der Waals surface area contributed by atoms with Crippen molar-refractivity contribution in [3.05, 3.63) is 107 Å². The van der Waals surface area contributed by atoms with Gasteiger partial charge in [0.15, 0.2) is 0 Å². The third kappa shape index (κ3) is 3.43. The molecule has 3 nitrogen and oxygen atoms in total. The third-order valence-corrected chi connectivity index (χ3v) is 4.76. The molecule has 3 heteroatoms. The number of aromatic nitrogens is 1. The first-order valence-electron chi connectivity index (χ1n) is 9.02. The van der Waals surface area contributed by atoms with E-state index in [-0.39, 0.29) is 0 Å². The van der Waals surface area contributed by atoms with Crippen molar-refractivity contribution in [1.29, 1.82) is 10.5 Å². The van der Waals surface area contributed by atoms with E-state index in [1.807, 2.05) is 48.5 Å². The summed E-state index contributed by atoms with van der Waals surface area (Å²) >= 11 is 0. The number of nitrogens with zero attached hydrogens (tertiary/aromatic N) is 3. The van der Waals surface area contributed by atoms with Crippen molar-refractivity contribution in [2.45, 2.75) is 6.54 Å². The monoisotopic (exact) mass is 359 g/mol. The van der Waals surface area contributed by atoms with Crippen molar-refractivity contribution < 1.29 is 0 Å². The Morgan fingerprint density at radius 2 is 1.57 bits per heavy atom. The summed E-state index contributed by atoms with van der Waals surface area (Å²) in [6.07, 6.45) is 4.02. The normalized spacial score (nSPS) is 11.1. The van der Waals surface area contributed by atoms with Gasteiger partial charge in [0.25, 0.3) is 0 Å². The Hall–Kier alpha value is -4.08. The van der Waals surface area contributed by atoms with Crippen LogP contribution in [0.1, 0.15) is 22.3 Å². The van der Waals surface area contributed by atoms with E-state index in [4.69, 9.17) is 5.26 Å². The second kappa shape index (κ2) is 7.66. The van der Waals surface area contributed by atoms with Gasteiger partial charge in [-0.25, -0.2) is 0 Å². The van der Waals surface area contributed by atoms with Crippen LogP contribution in [0, 0.1) is 22.7 Å². The largest absolute Gasteiger partial charge is 0.342 e. The second-order valence-corrected chi connectivity index (χ2v) is 6.57. The van der Waals surface area contributed by atoms with E-state index in [2.05, 4.69) is 47.2 Å². The standard InChI is InChI=1S/C25H17N3/c26-15-19-10-12-21(13-11-19)22(16-27)14-23-18-28(17-20-6-2-1-3-7-20)25-9-5-4-8-24(23)25/h1-14,18H,17H2/b22-14-. The third-order valence-electron chi connectivity index (χ3n) is 4.76. The average molecular weight is 359 g/mol. The fraction of sp³-hybridized carbons (Fsp3) is 0.0400. The molecule has 0 aliphatic rings. The van der Waals surface area contributed by atoms with Crippen LogP contribution in [0.4, 0.5) is 0 Å². The molecule has 0 saturated heterocycles. The molecule has 0 bridgehead atoms. The second-order valence-electron chi connectivity index (χ2n) is 6.57. The van der Waals surface area contributed by atoms with Crippen molar-refractivity contribution in [3.8, 4) is 12.1 Å². The van der Waals surface area contributed by atoms with Gasteiger partial charge in [0, 0.05) is 29.2 Å². The lowest BCUT2D eigenvalue weighted by Gasteiger charge is -2.05. The number of hydrogen-bond donors (Lipinski definition) is 0. The number of hydrogen-bond acceptors (Lipinski definition) is 2. The predicted molar refractivity (Wildman–Crippen MR) is 112 cm³/mol. The molecule has 1 heterocycles. The molecule has 0 aliphatic carbocycles. The Morgan fingerprint density at radius 1 is 0.857 bits per heavy atom. The highest BCUT2D eigenvalue weighted by atomic mass is 15.0. The fourth-order valence-corrected chi connectivity index (χ4v) is 3.36. The number of nitriles is 2. The molecule has 0 N–H and O–H groups in total. The Balaban J connectivity index is 1.78. The number of allylic oxidation sites excluding steroid dienone is 1. The maximum absolute atomic E-state index is 9.69. The van der Waals surface area contributed by atoms with E-state index >= 15 is 0 Å². The summed E-state index contributed by atoms with van der Waals surface area (Å²) < 4.78 is 2.21. The molecule has 132 valence electrons. The van der Waals surface area contributed by atoms with Crippen molar-refractivity contribution in [1.82, 2.24) is 4.57 Å². The molecule has 0 fully saturated rings. The highest BCUT2D eigenvalue weighted by Gasteiger charge is 2.09. The van der Waals surface area contributed by atoms with Crippen molar-refractivity contribution >= 4 is 22.6 Å². The number of para-hydroxylation sites is 1. The van der Waals surface area contributed by atoms with Gasteiger partial charge in [-0.1, -0.05) is 60.7 Å². The van der Waals surface area contributed by atoms with Gasteiger partial charge in [-0.3, -0.25) is 0 Å². The van der Waals surface area contributed by atoms with Gasteiger partial charge in [0.1, 0.15) is 0 Å². The predicted octanol–water partition coefficient (Wildman–Crippen LogP) is 5.63. The van der Waals surface area contributed by atoms with Gasteiger partial charge >= 0.3 is 0 Å². The zero-order valence-corrected chi connectivity index (χ0v) is 15.2. The molecule has 0 saturated carbocycles. The number of rotatable bonds is 4. The van der Waals surface area contributed by atoms with Crippen molar-refractivity contribution in [2.75, 3.05) is 0 Å². The summed E-state index contributed by atoms with van der Waals surface area (Å²) in [7, 11) is 0. The van der Waals surface area contributed by atoms with Crippen LogP contribution >= 0.6 is 0 Å². The Bertz CT molecular complexity index is 1230. The summed E-state index contributed by atoms with van der Waals surface area (Å²) in [5, 5.41) is 19.8. The van der Waals surface area contributed by atoms with Crippen LogP contribution in [0.5, 0.6) is 0 Å². The van der Waals surface area contributed by atoms with Gasteiger partial charge in [0.2, 0.25) is 0 Å². The van der Waals surface area contributed by atoms with Gasteiger partial charge in [-0.05, 0) is 35.4 Å². The Kier molecular flexibility index (Phi) is 4.74. The lowest BCUT2D eigenvalue weighted by Crippen LogP contribution is -1.97. The maximum atomic E-state index is 9.69. The number of benzene rings is 3. The van der Waals surface area contributed by atoms with E-state index in [1.54, 1.807) is 12.1 Å². The van der Waals surface area contributed by atoms with E-state index in [0.29, 0.717) is 11.1 Å². The Labute approximate surface area is 164 Å². The first kappa shape index (κ1) is 17.3. The average Bonchev–Trinajstić information content (AvgIpc) is 3.10.